The van der Waals surface area contributed by atoms with E-state index in [-0.39, 0.29) is 5.91 Å². The molecule has 134 valence electrons. The van der Waals surface area contributed by atoms with Gasteiger partial charge in [0.1, 0.15) is 5.75 Å². The fraction of sp³-hybridized carbons (Fsp3) is 0.650. The maximum Gasteiger partial charge on any atom is 0.234 e. The number of ether oxygens (including phenoxy) is 1. The van der Waals surface area contributed by atoms with Gasteiger partial charge >= 0.3 is 0 Å². The fourth-order valence-electron chi connectivity index (χ4n) is 3.26. The lowest BCUT2D eigenvalue weighted by atomic mass is 9.89. The first-order valence-electron chi connectivity index (χ1n) is 9.29. The number of aryl methyl sites for hydroxylation is 1. The van der Waals surface area contributed by atoms with E-state index >= 15 is 0 Å². The van der Waals surface area contributed by atoms with Gasteiger partial charge in [-0.05, 0) is 50.8 Å². The first-order valence-corrected chi connectivity index (χ1v) is 9.29. The van der Waals surface area contributed by atoms with Crippen LogP contribution in [0, 0.1) is 12.8 Å². The standard InChI is InChI=1S/C20H32N2O2/c1-17-9-6-7-12-19(17)24-14-8-13-22(2)16-20(23)21-15-18-10-4-3-5-11-18/h6-7,9,12,18H,3-5,8,10-11,13-16H2,1-2H3,(H,21,23). The molecule has 4 nitrogen and oxygen atoms in total. The first-order chi connectivity index (χ1) is 11.6. The molecule has 0 aliphatic heterocycles. The zero-order chi connectivity index (χ0) is 17.2. The molecule has 0 aromatic heterocycles. The molecule has 1 amide bonds. The van der Waals surface area contributed by atoms with Crippen LogP contribution in [-0.4, -0.2) is 44.1 Å². The number of likely N-dealkylation sites (N-methyl/N-ethyl adjacent to an activating group) is 1. The Balaban J connectivity index is 1.54. The fourth-order valence-corrected chi connectivity index (χ4v) is 3.26. The lowest BCUT2D eigenvalue weighted by Gasteiger charge is -2.22. The molecule has 0 spiro atoms. The smallest absolute Gasteiger partial charge is 0.234 e. The van der Waals surface area contributed by atoms with Crippen LogP contribution in [0.1, 0.15) is 44.1 Å². The summed E-state index contributed by atoms with van der Waals surface area (Å²) in [6.07, 6.45) is 7.46. The molecule has 1 fully saturated rings. The average Bonchev–Trinajstić information content (AvgIpc) is 2.59. The summed E-state index contributed by atoms with van der Waals surface area (Å²) in [5.41, 5.74) is 1.16. The molecule has 0 bridgehead atoms. The Bertz CT molecular complexity index is 498. The Hall–Kier alpha value is -1.55. The summed E-state index contributed by atoms with van der Waals surface area (Å²) in [6, 6.07) is 8.06. The zero-order valence-electron chi connectivity index (χ0n) is 15.2. The molecule has 1 saturated carbocycles. The molecule has 4 heteroatoms. The van der Waals surface area contributed by atoms with Crippen LogP contribution < -0.4 is 10.1 Å². The maximum absolute atomic E-state index is 12.0. The van der Waals surface area contributed by atoms with Gasteiger partial charge in [0, 0.05) is 13.1 Å². The SMILES string of the molecule is Cc1ccccc1OCCCN(C)CC(=O)NCC1CCCCC1. The third-order valence-corrected chi connectivity index (χ3v) is 4.76. The highest BCUT2D eigenvalue weighted by Gasteiger charge is 2.14. The first kappa shape index (κ1) is 18.8. The number of carbonyl (C=O) groups is 1. The summed E-state index contributed by atoms with van der Waals surface area (Å²) in [5, 5.41) is 3.10. The molecule has 0 saturated heterocycles. The van der Waals surface area contributed by atoms with E-state index in [9.17, 15) is 4.79 Å². The predicted molar refractivity (Wildman–Crippen MR) is 98.4 cm³/mol. The number of nitrogens with one attached hydrogen (secondary N) is 1. The van der Waals surface area contributed by atoms with Crippen LogP contribution in [0.2, 0.25) is 0 Å². The summed E-state index contributed by atoms with van der Waals surface area (Å²) in [4.78, 5) is 14.1. The number of nitrogens with zero attached hydrogens (tertiary/aromatic N) is 1. The minimum Gasteiger partial charge on any atom is -0.493 e. The minimum absolute atomic E-state index is 0.142. The van der Waals surface area contributed by atoms with Gasteiger partial charge in [-0.25, -0.2) is 0 Å². The van der Waals surface area contributed by atoms with Gasteiger partial charge < -0.3 is 10.1 Å². The van der Waals surface area contributed by atoms with Gasteiger partial charge in [0.05, 0.1) is 13.2 Å². The summed E-state index contributed by atoms with van der Waals surface area (Å²) in [5.74, 6) is 1.78. The van der Waals surface area contributed by atoms with Gasteiger partial charge in [-0.1, -0.05) is 37.5 Å². The van der Waals surface area contributed by atoms with Crippen molar-refractivity contribution in [3.63, 3.8) is 0 Å². The molecular formula is C20H32N2O2. The molecule has 1 aliphatic rings. The monoisotopic (exact) mass is 332 g/mol. The highest BCUT2D eigenvalue weighted by molar-refractivity contribution is 5.77. The van der Waals surface area contributed by atoms with Gasteiger partial charge in [-0.2, -0.15) is 0 Å². The van der Waals surface area contributed by atoms with E-state index in [0.717, 1.165) is 30.8 Å². The Morgan fingerprint density at radius 2 is 2.00 bits per heavy atom. The van der Waals surface area contributed by atoms with E-state index in [2.05, 4.69) is 23.2 Å². The van der Waals surface area contributed by atoms with Crippen molar-refractivity contribution in [1.82, 2.24) is 10.2 Å². The number of amides is 1. The molecule has 0 heterocycles. The van der Waals surface area contributed by atoms with Crippen LogP contribution in [0.25, 0.3) is 0 Å². The summed E-state index contributed by atoms with van der Waals surface area (Å²) in [6.45, 7) is 4.92. The van der Waals surface area contributed by atoms with Crippen LogP contribution in [0.3, 0.4) is 0 Å². The third kappa shape index (κ3) is 6.91. The molecular weight excluding hydrogens is 300 g/mol. The molecule has 0 radical (unpaired) electrons. The number of hydrogen-bond donors (Lipinski definition) is 1. The van der Waals surface area contributed by atoms with Crippen molar-refractivity contribution >= 4 is 5.91 Å². The molecule has 1 aromatic carbocycles. The summed E-state index contributed by atoms with van der Waals surface area (Å²) < 4.78 is 5.79. The molecule has 1 aromatic rings. The number of carbonyl (C=O) groups excluding carboxylic acids is 1. The second-order valence-electron chi connectivity index (χ2n) is 7.01. The lowest BCUT2D eigenvalue weighted by Crippen LogP contribution is -2.38. The van der Waals surface area contributed by atoms with Crippen molar-refractivity contribution in [1.29, 1.82) is 0 Å². The Morgan fingerprint density at radius 1 is 1.25 bits per heavy atom. The van der Waals surface area contributed by atoms with Crippen LogP contribution in [0.4, 0.5) is 0 Å². The van der Waals surface area contributed by atoms with Crippen LogP contribution in [-0.2, 0) is 4.79 Å². The van der Waals surface area contributed by atoms with E-state index in [1.165, 1.54) is 32.1 Å². The Labute approximate surface area is 146 Å². The highest BCUT2D eigenvalue weighted by atomic mass is 16.5. The van der Waals surface area contributed by atoms with E-state index in [1.54, 1.807) is 0 Å². The van der Waals surface area contributed by atoms with Gasteiger partial charge in [0.2, 0.25) is 5.91 Å². The third-order valence-electron chi connectivity index (χ3n) is 4.76. The quantitative estimate of drug-likeness (QED) is 0.705. The Morgan fingerprint density at radius 3 is 2.75 bits per heavy atom. The predicted octanol–water partition coefficient (Wildman–Crippen LogP) is 3.39. The second-order valence-corrected chi connectivity index (χ2v) is 7.01. The Kier molecular flexibility index (Phi) is 8.10. The van der Waals surface area contributed by atoms with E-state index in [0.29, 0.717) is 19.1 Å². The summed E-state index contributed by atoms with van der Waals surface area (Å²) in [7, 11) is 1.99. The maximum atomic E-state index is 12.0. The van der Waals surface area contributed by atoms with Crippen molar-refractivity contribution in [3.05, 3.63) is 29.8 Å². The molecule has 24 heavy (non-hydrogen) atoms. The highest BCUT2D eigenvalue weighted by Crippen LogP contribution is 2.22. The van der Waals surface area contributed by atoms with Gasteiger partial charge in [0.25, 0.3) is 0 Å². The number of rotatable bonds is 9. The van der Waals surface area contributed by atoms with E-state index in [1.807, 2.05) is 25.2 Å². The van der Waals surface area contributed by atoms with E-state index in [4.69, 9.17) is 4.74 Å². The average molecular weight is 332 g/mol. The molecule has 1 N–H and O–H groups in total. The largest absolute Gasteiger partial charge is 0.493 e. The second kappa shape index (κ2) is 10.3. The minimum atomic E-state index is 0.142. The van der Waals surface area contributed by atoms with Crippen molar-refractivity contribution in [3.8, 4) is 5.75 Å². The van der Waals surface area contributed by atoms with Crippen LogP contribution in [0.15, 0.2) is 24.3 Å². The number of hydrogen-bond acceptors (Lipinski definition) is 3. The number of benzene rings is 1. The zero-order valence-corrected chi connectivity index (χ0v) is 15.2. The number of para-hydroxylation sites is 1. The van der Waals surface area contributed by atoms with Crippen molar-refractivity contribution in [2.75, 3.05) is 33.3 Å². The lowest BCUT2D eigenvalue weighted by molar-refractivity contribution is -0.122. The van der Waals surface area contributed by atoms with Crippen molar-refractivity contribution in [2.24, 2.45) is 5.92 Å². The molecule has 2 rings (SSSR count). The summed E-state index contributed by atoms with van der Waals surface area (Å²) >= 11 is 0. The van der Waals surface area contributed by atoms with Crippen molar-refractivity contribution in [2.45, 2.75) is 45.4 Å². The van der Waals surface area contributed by atoms with Crippen LogP contribution in [0.5, 0.6) is 5.75 Å². The molecule has 0 unspecified atom stereocenters. The topological polar surface area (TPSA) is 41.6 Å². The van der Waals surface area contributed by atoms with Crippen LogP contribution >= 0.6 is 0 Å². The van der Waals surface area contributed by atoms with Crippen molar-refractivity contribution < 1.29 is 9.53 Å². The molecule has 0 atom stereocenters. The van der Waals surface area contributed by atoms with E-state index < -0.39 is 0 Å². The molecule has 1 aliphatic carbocycles. The normalized spacial score (nSPS) is 15.5. The van der Waals surface area contributed by atoms with Gasteiger partial charge in [0.15, 0.2) is 0 Å². The van der Waals surface area contributed by atoms with Gasteiger partial charge in [-0.15, -0.1) is 0 Å². The van der Waals surface area contributed by atoms with Gasteiger partial charge in [-0.3, -0.25) is 9.69 Å².